The smallest absolute Gasteiger partial charge is 0.271 e. The van der Waals surface area contributed by atoms with Crippen LogP contribution in [-0.4, -0.2) is 13.3 Å². The Kier molecular flexibility index (Phi) is 4.05. The van der Waals surface area contributed by atoms with Crippen LogP contribution in [0.3, 0.4) is 0 Å². The van der Waals surface area contributed by atoms with Gasteiger partial charge >= 0.3 is 0 Å². The molecule has 0 saturated carbocycles. The maximum atomic E-state index is 12.1. The fraction of sp³-hybridized carbons (Fsp3) is 0. The van der Waals surface area contributed by atoms with Crippen molar-refractivity contribution in [3.8, 4) is 0 Å². The summed E-state index contributed by atoms with van der Waals surface area (Å²) in [6.07, 6.45) is 0. The molecule has 0 amide bonds. The standard InChI is InChI=1S/C12H12N4O4S/c13-14-9-4-6-12(7-5-9)21(19,20)15-10-2-1-3-11(8-10)16(17)18/h1-8,14-15H,13H2. The first-order chi connectivity index (χ1) is 9.92. The lowest BCUT2D eigenvalue weighted by Gasteiger charge is -2.08. The molecular formula is C12H12N4O4S. The zero-order valence-electron chi connectivity index (χ0n) is 10.7. The van der Waals surface area contributed by atoms with E-state index < -0.39 is 14.9 Å². The Morgan fingerprint density at radius 2 is 1.71 bits per heavy atom. The highest BCUT2D eigenvalue weighted by Crippen LogP contribution is 2.21. The molecule has 8 nitrogen and oxygen atoms in total. The van der Waals surface area contributed by atoms with E-state index in [9.17, 15) is 18.5 Å². The zero-order valence-corrected chi connectivity index (χ0v) is 11.5. The summed E-state index contributed by atoms with van der Waals surface area (Å²) < 4.78 is 26.6. The third-order valence-electron chi connectivity index (χ3n) is 2.64. The van der Waals surface area contributed by atoms with E-state index in [-0.39, 0.29) is 16.3 Å². The molecule has 0 radical (unpaired) electrons. The molecule has 9 heteroatoms. The number of anilines is 2. The molecule has 0 unspecified atom stereocenters. The second kappa shape index (κ2) is 5.77. The van der Waals surface area contributed by atoms with Crippen molar-refractivity contribution in [2.75, 3.05) is 10.1 Å². The number of nitrogens with zero attached hydrogens (tertiary/aromatic N) is 1. The van der Waals surface area contributed by atoms with Crippen LogP contribution in [0.2, 0.25) is 0 Å². The van der Waals surface area contributed by atoms with E-state index in [4.69, 9.17) is 5.84 Å². The third-order valence-corrected chi connectivity index (χ3v) is 4.04. The SMILES string of the molecule is NNc1ccc(S(=O)(=O)Nc2cccc([N+](=O)[O-])c2)cc1. The van der Waals surface area contributed by atoms with Gasteiger partial charge in [0.15, 0.2) is 0 Å². The Bertz CT molecular complexity index is 759. The van der Waals surface area contributed by atoms with Gasteiger partial charge in [-0.05, 0) is 30.3 Å². The van der Waals surface area contributed by atoms with E-state index in [0.29, 0.717) is 5.69 Å². The molecule has 2 rings (SSSR count). The van der Waals surface area contributed by atoms with Gasteiger partial charge < -0.3 is 5.43 Å². The average molecular weight is 308 g/mol. The Labute approximate surface area is 120 Å². The summed E-state index contributed by atoms with van der Waals surface area (Å²) in [7, 11) is -3.82. The van der Waals surface area contributed by atoms with Gasteiger partial charge in [0.25, 0.3) is 15.7 Å². The number of nitro groups is 1. The van der Waals surface area contributed by atoms with Crippen LogP contribution in [0.4, 0.5) is 17.1 Å². The summed E-state index contributed by atoms with van der Waals surface area (Å²) in [4.78, 5) is 10.1. The number of benzene rings is 2. The summed E-state index contributed by atoms with van der Waals surface area (Å²) in [6.45, 7) is 0. The summed E-state index contributed by atoms with van der Waals surface area (Å²) >= 11 is 0. The van der Waals surface area contributed by atoms with Crippen LogP contribution >= 0.6 is 0 Å². The van der Waals surface area contributed by atoms with Crippen molar-refractivity contribution >= 4 is 27.1 Å². The number of non-ortho nitro benzene ring substituents is 1. The van der Waals surface area contributed by atoms with E-state index in [0.717, 1.165) is 6.07 Å². The molecular weight excluding hydrogens is 296 g/mol. The van der Waals surface area contributed by atoms with Gasteiger partial charge in [0.2, 0.25) is 0 Å². The summed E-state index contributed by atoms with van der Waals surface area (Å²) in [6, 6.07) is 11.0. The number of hydrogen-bond acceptors (Lipinski definition) is 6. The molecule has 0 aliphatic rings. The predicted molar refractivity (Wildman–Crippen MR) is 78.2 cm³/mol. The van der Waals surface area contributed by atoms with Crippen molar-refractivity contribution in [1.82, 2.24) is 0 Å². The molecule has 0 heterocycles. The number of nitro benzene ring substituents is 1. The maximum Gasteiger partial charge on any atom is 0.271 e. The topological polar surface area (TPSA) is 127 Å². The van der Waals surface area contributed by atoms with Crippen molar-refractivity contribution in [3.05, 3.63) is 58.6 Å². The van der Waals surface area contributed by atoms with Crippen molar-refractivity contribution in [2.45, 2.75) is 4.90 Å². The molecule has 0 fully saturated rings. The van der Waals surface area contributed by atoms with Gasteiger partial charge in [-0.25, -0.2) is 8.42 Å². The highest BCUT2D eigenvalue weighted by molar-refractivity contribution is 7.92. The van der Waals surface area contributed by atoms with Crippen molar-refractivity contribution in [2.24, 2.45) is 5.84 Å². The molecule has 21 heavy (non-hydrogen) atoms. The van der Waals surface area contributed by atoms with Crippen LogP contribution in [-0.2, 0) is 10.0 Å². The number of rotatable bonds is 5. The van der Waals surface area contributed by atoms with Crippen LogP contribution in [0.15, 0.2) is 53.4 Å². The minimum absolute atomic E-state index is 0.0213. The van der Waals surface area contributed by atoms with E-state index in [1.54, 1.807) is 0 Å². The molecule has 2 aromatic carbocycles. The second-order valence-electron chi connectivity index (χ2n) is 4.08. The van der Waals surface area contributed by atoms with Crippen LogP contribution in [0.5, 0.6) is 0 Å². The van der Waals surface area contributed by atoms with E-state index in [1.807, 2.05) is 0 Å². The van der Waals surface area contributed by atoms with Crippen LogP contribution in [0.25, 0.3) is 0 Å². The Morgan fingerprint density at radius 1 is 1.05 bits per heavy atom. The van der Waals surface area contributed by atoms with Crippen molar-refractivity contribution in [3.63, 3.8) is 0 Å². The highest BCUT2D eigenvalue weighted by atomic mass is 32.2. The average Bonchev–Trinajstić information content (AvgIpc) is 2.47. The summed E-state index contributed by atoms with van der Waals surface area (Å²) in [5, 5.41) is 10.7. The predicted octanol–water partition coefficient (Wildman–Crippen LogP) is 1.68. The first-order valence-electron chi connectivity index (χ1n) is 5.76. The largest absolute Gasteiger partial charge is 0.324 e. The molecule has 110 valence electrons. The quantitative estimate of drug-likeness (QED) is 0.438. The Balaban J connectivity index is 2.28. The summed E-state index contributed by atoms with van der Waals surface area (Å²) in [5.74, 6) is 5.20. The van der Waals surface area contributed by atoms with E-state index >= 15 is 0 Å². The lowest BCUT2D eigenvalue weighted by Crippen LogP contribution is -2.13. The minimum atomic E-state index is -3.82. The fourth-order valence-corrected chi connectivity index (χ4v) is 2.68. The fourth-order valence-electron chi connectivity index (χ4n) is 1.63. The van der Waals surface area contributed by atoms with Gasteiger partial charge in [-0.3, -0.25) is 20.7 Å². The van der Waals surface area contributed by atoms with Gasteiger partial charge in [0.1, 0.15) is 0 Å². The molecule has 0 spiro atoms. The van der Waals surface area contributed by atoms with Crippen molar-refractivity contribution < 1.29 is 13.3 Å². The van der Waals surface area contributed by atoms with Gasteiger partial charge in [-0.2, -0.15) is 0 Å². The van der Waals surface area contributed by atoms with Gasteiger partial charge in [-0.15, -0.1) is 0 Å². The molecule has 0 aliphatic heterocycles. The number of nitrogen functional groups attached to an aromatic ring is 1. The van der Waals surface area contributed by atoms with Gasteiger partial charge in [0.05, 0.1) is 15.5 Å². The number of hydrogen-bond donors (Lipinski definition) is 3. The number of nitrogens with two attached hydrogens (primary N) is 1. The second-order valence-corrected chi connectivity index (χ2v) is 5.76. The molecule has 2 aromatic rings. The van der Waals surface area contributed by atoms with Gasteiger partial charge in [-0.1, -0.05) is 6.07 Å². The molecule has 0 aliphatic carbocycles. The zero-order chi connectivity index (χ0) is 15.5. The van der Waals surface area contributed by atoms with E-state index in [1.165, 1.54) is 42.5 Å². The van der Waals surface area contributed by atoms with Crippen LogP contribution in [0, 0.1) is 10.1 Å². The Morgan fingerprint density at radius 3 is 2.29 bits per heavy atom. The lowest BCUT2D eigenvalue weighted by molar-refractivity contribution is -0.384. The molecule has 0 bridgehead atoms. The van der Waals surface area contributed by atoms with Crippen molar-refractivity contribution in [1.29, 1.82) is 0 Å². The minimum Gasteiger partial charge on any atom is -0.324 e. The molecule has 0 saturated heterocycles. The van der Waals surface area contributed by atoms with Crippen LogP contribution < -0.4 is 16.0 Å². The maximum absolute atomic E-state index is 12.1. The molecule has 0 atom stereocenters. The monoisotopic (exact) mass is 308 g/mol. The first-order valence-corrected chi connectivity index (χ1v) is 7.24. The number of nitrogens with one attached hydrogen (secondary N) is 2. The summed E-state index contributed by atoms with van der Waals surface area (Å²) in [5.41, 5.74) is 2.86. The third kappa shape index (κ3) is 3.46. The lowest BCUT2D eigenvalue weighted by atomic mass is 10.3. The highest BCUT2D eigenvalue weighted by Gasteiger charge is 2.15. The number of hydrazine groups is 1. The molecule has 0 aromatic heterocycles. The molecule has 4 N–H and O–H groups in total. The Hall–Kier alpha value is -2.65. The van der Waals surface area contributed by atoms with Crippen LogP contribution in [0.1, 0.15) is 0 Å². The van der Waals surface area contributed by atoms with Gasteiger partial charge in [0, 0.05) is 17.8 Å². The number of sulfonamides is 1. The van der Waals surface area contributed by atoms with E-state index in [2.05, 4.69) is 10.1 Å². The first kappa shape index (κ1) is 14.8. The normalized spacial score (nSPS) is 10.9.